The number of likely N-dealkylation sites (tertiary alicyclic amines) is 1. The van der Waals surface area contributed by atoms with Crippen molar-refractivity contribution in [1.29, 1.82) is 0 Å². The highest BCUT2D eigenvalue weighted by Gasteiger charge is 2.36. The Kier molecular flexibility index (Phi) is 4.43. The van der Waals surface area contributed by atoms with Crippen molar-refractivity contribution >= 4 is 27.9 Å². The molecule has 25 heavy (non-hydrogen) atoms. The summed E-state index contributed by atoms with van der Waals surface area (Å²) < 4.78 is 1.55. The van der Waals surface area contributed by atoms with E-state index in [4.69, 9.17) is 11.6 Å². The standard InChI is InChI=1S/C18H21ClN4OS/c1-11-6-5-9-22(10-11)15(13-7-3-4-8-14(13)19)16-17(24)23-18(25-16)20-12(2)21-23/h3-4,7-8,11,15,24H,5-6,9-10H2,1-2H3/p+1/t11-,15+/m0/s1. The first-order valence-electron chi connectivity index (χ1n) is 8.68. The Labute approximate surface area is 155 Å². The van der Waals surface area contributed by atoms with E-state index in [1.54, 1.807) is 4.52 Å². The Morgan fingerprint density at radius 3 is 2.92 bits per heavy atom. The molecule has 1 aromatic carbocycles. The number of benzene rings is 1. The van der Waals surface area contributed by atoms with E-state index in [1.807, 2.05) is 25.1 Å². The summed E-state index contributed by atoms with van der Waals surface area (Å²) in [7, 11) is 0. The fourth-order valence-electron chi connectivity index (χ4n) is 3.88. The van der Waals surface area contributed by atoms with Crippen LogP contribution in [-0.2, 0) is 0 Å². The minimum absolute atomic E-state index is 0.00487. The van der Waals surface area contributed by atoms with Crippen molar-refractivity contribution in [2.24, 2.45) is 5.92 Å². The van der Waals surface area contributed by atoms with Crippen molar-refractivity contribution in [3.8, 4) is 5.88 Å². The molecular formula is C18H22ClN4OS+. The molecule has 2 aromatic heterocycles. The normalized spacial score (nSPS) is 22.4. The van der Waals surface area contributed by atoms with E-state index < -0.39 is 0 Å². The molecule has 0 bridgehead atoms. The molecule has 5 nitrogen and oxygen atoms in total. The van der Waals surface area contributed by atoms with E-state index in [1.165, 1.54) is 29.1 Å². The van der Waals surface area contributed by atoms with Gasteiger partial charge in [-0.05, 0) is 25.8 Å². The van der Waals surface area contributed by atoms with Crippen LogP contribution in [0.4, 0.5) is 0 Å². The van der Waals surface area contributed by atoms with E-state index in [2.05, 4.69) is 23.1 Å². The van der Waals surface area contributed by atoms with E-state index in [0.717, 1.165) is 33.5 Å². The van der Waals surface area contributed by atoms with Gasteiger partial charge in [-0.3, -0.25) is 0 Å². The maximum atomic E-state index is 10.8. The first-order chi connectivity index (χ1) is 12.0. The van der Waals surface area contributed by atoms with Crippen molar-refractivity contribution in [2.75, 3.05) is 13.1 Å². The molecule has 2 N–H and O–H groups in total. The number of piperidine rings is 1. The van der Waals surface area contributed by atoms with Gasteiger partial charge in [0.15, 0.2) is 6.04 Å². The van der Waals surface area contributed by atoms with Crippen LogP contribution in [-0.4, -0.2) is 32.8 Å². The Morgan fingerprint density at radius 1 is 1.40 bits per heavy atom. The molecule has 4 rings (SSSR count). The number of thiazole rings is 1. The molecule has 0 spiro atoms. The lowest BCUT2D eigenvalue weighted by Gasteiger charge is -2.34. The first kappa shape index (κ1) is 16.8. The SMILES string of the molecule is Cc1nc2sc([C@@H](c3ccccc3Cl)[NH+]3CCC[C@H](C)C3)c(O)n2n1. The third-order valence-corrected chi connectivity index (χ3v) is 6.43. The molecule has 3 aromatic rings. The van der Waals surface area contributed by atoms with E-state index >= 15 is 0 Å². The van der Waals surface area contributed by atoms with Crippen molar-refractivity contribution in [3.63, 3.8) is 0 Å². The van der Waals surface area contributed by atoms with Crippen molar-refractivity contribution in [2.45, 2.75) is 32.7 Å². The van der Waals surface area contributed by atoms with Gasteiger partial charge in [0.25, 0.3) is 0 Å². The summed E-state index contributed by atoms with van der Waals surface area (Å²) in [6.07, 6.45) is 2.46. The highest BCUT2D eigenvalue weighted by Crippen LogP contribution is 2.37. The van der Waals surface area contributed by atoms with Crippen molar-refractivity contribution in [3.05, 3.63) is 45.6 Å². The van der Waals surface area contributed by atoms with Crippen LogP contribution in [0.3, 0.4) is 0 Å². The summed E-state index contributed by atoms with van der Waals surface area (Å²) in [6.45, 7) is 6.28. The molecular weight excluding hydrogens is 356 g/mol. The zero-order valence-corrected chi connectivity index (χ0v) is 15.9. The highest BCUT2D eigenvalue weighted by molar-refractivity contribution is 7.17. The Bertz CT molecular complexity index is 906. The molecule has 0 saturated carbocycles. The zero-order chi connectivity index (χ0) is 17.6. The fourth-order valence-corrected chi connectivity index (χ4v) is 5.31. The number of fused-ring (bicyclic) bond motifs is 1. The van der Waals surface area contributed by atoms with Gasteiger partial charge >= 0.3 is 0 Å². The van der Waals surface area contributed by atoms with Crippen LogP contribution in [0.1, 0.15) is 42.1 Å². The lowest BCUT2D eigenvalue weighted by Crippen LogP contribution is -3.13. The van der Waals surface area contributed by atoms with Gasteiger partial charge in [0.1, 0.15) is 10.7 Å². The van der Waals surface area contributed by atoms with E-state index in [0.29, 0.717) is 11.7 Å². The number of nitrogens with one attached hydrogen (secondary N) is 1. The molecule has 1 saturated heterocycles. The first-order valence-corrected chi connectivity index (χ1v) is 9.88. The Balaban J connectivity index is 1.85. The number of aryl methyl sites for hydroxylation is 1. The largest absolute Gasteiger partial charge is 0.492 e. The molecule has 0 aliphatic carbocycles. The van der Waals surface area contributed by atoms with Gasteiger partial charge in [0.2, 0.25) is 10.8 Å². The number of hydrogen-bond acceptors (Lipinski definition) is 4. The minimum Gasteiger partial charge on any atom is -0.492 e. The number of aromatic hydroxyl groups is 1. The summed E-state index contributed by atoms with van der Waals surface area (Å²) in [4.78, 5) is 7.49. The Morgan fingerprint density at radius 2 is 2.20 bits per heavy atom. The van der Waals surface area contributed by atoms with Gasteiger partial charge in [0, 0.05) is 11.5 Å². The van der Waals surface area contributed by atoms with Gasteiger partial charge in [0.05, 0.1) is 18.1 Å². The maximum Gasteiger partial charge on any atom is 0.235 e. The van der Waals surface area contributed by atoms with Gasteiger partial charge < -0.3 is 10.0 Å². The van der Waals surface area contributed by atoms with Crippen LogP contribution in [0.2, 0.25) is 5.02 Å². The Hall–Kier alpha value is -1.63. The number of quaternary nitrogens is 1. The molecule has 0 radical (unpaired) electrons. The number of halogens is 1. The summed E-state index contributed by atoms with van der Waals surface area (Å²) in [5.74, 6) is 1.53. The van der Waals surface area contributed by atoms with Crippen molar-refractivity contribution in [1.82, 2.24) is 14.6 Å². The molecule has 3 atom stereocenters. The van der Waals surface area contributed by atoms with Crippen LogP contribution in [0.25, 0.3) is 4.96 Å². The molecule has 1 fully saturated rings. The predicted molar refractivity (Wildman–Crippen MR) is 99.7 cm³/mol. The minimum atomic E-state index is 0.00487. The molecule has 3 heterocycles. The maximum absolute atomic E-state index is 10.8. The lowest BCUT2D eigenvalue weighted by atomic mass is 9.95. The average Bonchev–Trinajstić information content (AvgIpc) is 3.08. The lowest BCUT2D eigenvalue weighted by molar-refractivity contribution is -0.933. The smallest absolute Gasteiger partial charge is 0.235 e. The number of rotatable bonds is 3. The van der Waals surface area contributed by atoms with Crippen molar-refractivity contribution < 1.29 is 10.0 Å². The number of nitrogens with zero attached hydrogens (tertiary/aromatic N) is 3. The van der Waals surface area contributed by atoms with Gasteiger partial charge in [-0.2, -0.15) is 4.52 Å². The molecule has 7 heteroatoms. The second-order valence-electron chi connectivity index (χ2n) is 6.96. The molecule has 132 valence electrons. The third kappa shape index (κ3) is 3.03. The molecule has 1 unspecified atom stereocenters. The van der Waals surface area contributed by atoms with Crippen LogP contribution in [0.15, 0.2) is 24.3 Å². The van der Waals surface area contributed by atoms with Gasteiger partial charge in [-0.25, -0.2) is 4.98 Å². The predicted octanol–water partition coefficient (Wildman–Crippen LogP) is 2.86. The average molecular weight is 378 g/mol. The van der Waals surface area contributed by atoms with Crippen LogP contribution >= 0.6 is 22.9 Å². The van der Waals surface area contributed by atoms with Crippen LogP contribution in [0.5, 0.6) is 5.88 Å². The quantitative estimate of drug-likeness (QED) is 0.738. The summed E-state index contributed by atoms with van der Waals surface area (Å²) >= 11 is 8.06. The van der Waals surface area contributed by atoms with Gasteiger partial charge in [-0.1, -0.05) is 48.1 Å². The summed E-state index contributed by atoms with van der Waals surface area (Å²) in [5.41, 5.74) is 1.06. The van der Waals surface area contributed by atoms with Gasteiger partial charge in [-0.15, -0.1) is 5.10 Å². The van der Waals surface area contributed by atoms with E-state index in [-0.39, 0.29) is 11.9 Å². The van der Waals surface area contributed by atoms with Crippen LogP contribution < -0.4 is 4.90 Å². The zero-order valence-electron chi connectivity index (χ0n) is 14.4. The van der Waals surface area contributed by atoms with Crippen LogP contribution in [0, 0.1) is 12.8 Å². The second-order valence-corrected chi connectivity index (χ2v) is 8.37. The monoisotopic (exact) mass is 377 g/mol. The molecule has 1 aliphatic rings. The summed E-state index contributed by atoms with van der Waals surface area (Å²) in [5, 5.41) is 15.9. The van der Waals surface area contributed by atoms with E-state index in [9.17, 15) is 5.11 Å². The highest BCUT2D eigenvalue weighted by atomic mass is 35.5. The fraction of sp³-hybridized carbons (Fsp3) is 0.444. The number of hydrogen-bond donors (Lipinski definition) is 2. The number of aromatic nitrogens is 3. The molecule has 0 amide bonds. The third-order valence-electron chi connectivity index (χ3n) is 5.00. The summed E-state index contributed by atoms with van der Waals surface area (Å²) in [6, 6.07) is 7.96. The molecule has 1 aliphatic heterocycles. The topological polar surface area (TPSA) is 54.9 Å². The second kappa shape index (κ2) is 6.59.